The molecule has 0 aliphatic heterocycles. The highest BCUT2D eigenvalue weighted by Crippen LogP contribution is 2.35. The van der Waals surface area contributed by atoms with Crippen LogP contribution >= 0.6 is 11.6 Å². The minimum Gasteiger partial charge on any atom is -0.369 e. The Morgan fingerprint density at radius 2 is 1.85 bits per heavy atom. The molecule has 1 N–H and O–H groups in total. The molecule has 27 heavy (non-hydrogen) atoms. The fourth-order valence-corrected chi connectivity index (χ4v) is 3.34. The number of nitrogens with one attached hydrogen (secondary N) is 1. The summed E-state index contributed by atoms with van der Waals surface area (Å²) in [6.07, 6.45) is 3.72. The van der Waals surface area contributed by atoms with E-state index < -0.39 is 0 Å². The molecule has 4 nitrogen and oxygen atoms in total. The number of aromatic nitrogens is 3. The first-order chi connectivity index (χ1) is 13.1. The number of hydrogen-bond donors (Lipinski definition) is 1. The van der Waals surface area contributed by atoms with E-state index in [2.05, 4.69) is 52.0 Å². The molecule has 4 rings (SSSR count). The second-order valence-corrected chi connectivity index (χ2v) is 7.39. The molecule has 0 aliphatic carbocycles. The molecule has 0 saturated carbocycles. The summed E-state index contributed by atoms with van der Waals surface area (Å²) in [5.41, 5.74) is 4.06. The average molecular weight is 377 g/mol. The SMILES string of the molecule is CC(C)CNc1ncnc2c1c(-c1ccccc1)cn2-c1cccc(Cl)c1. The lowest BCUT2D eigenvalue weighted by atomic mass is 10.1. The highest BCUT2D eigenvalue weighted by atomic mass is 35.5. The van der Waals surface area contributed by atoms with E-state index in [0.717, 1.165) is 40.2 Å². The zero-order valence-electron chi connectivity index (χ0n) is 15.4. The van der Waals surface area contributed by atoms with Crippen LogP contribution in [-0.4, -0.2) is 21.1 Å². The molecule has 0 radical (unpaired) electrons. The molecule has 0 atom stereocenters. The van der Waals surface area contributed by atoms with E-state index in [1.54, 1.807) is 6.33 Å². The van der Waals surface area contributed by atoms with Crippen molar-refractivity contribution >= 4 is 28.5 Å². The van der Waals surface area contributed by atoms with Gasteiger partial charge in [0.2, 0.25) is 0 Å². The summed E-state index contributed by atoms with van der Waals surface area (Å²) >= 11 is 6.23. The van der Waals surface area contributed by atoms with Crippen molar-refractivity contribution in [1.82, 2.24) is 14.5 Å². The van der Waals surface area contributed by atoms with E-state index >= 15 is 0 Å². The molecule has 0 bridgehead atoms. The summed E-state index contributed by atoms with van der Waals surface area (Å²) in [6.45, 7) is 5.21. The summed E-state index contributed by atoms with van der Waals surface area (Å²) < 4.78 is 2.08. The second-order valence-electron chi connectivity index (χ2n) is 6.95. The number of rotatable bonds is 5. The molecule has 0 aliphatic rings. The van der Waals surface area contributed by atoms with Gasteiger partial charge in [-0.15, -0.1) is 0 Å². The van der Waals surface area contributed by atoms with Gasteiger partial charge < -0.3 is 9.88 Å². The molecule has 2 aromatic carbocycles. The zero-order chi connectivity index (χ0) is 18.8. The first kappa shape index (κ1) is 17.6. The standard InChI is InChI=1S/C22H21ClN4/c1-15(2)12-24-21-20-19(16-7-4-3-5-8-16)13-27(22(20)26-14-25-21)18-10-6-9-17(23)11-18/h3-11,13-15H,12H2,1-2H3,(H,24,25,26). The van der Waals surface area contributed by atoms with Crippen molar-refractivity contribution in [3.8, 4) is 16.8 Å². The van der Waals surface area contributed by atoms with Gasteiger partial charge in [-0.25, -0.2) is 9.97 Å². The third-order valence-corrected chi connectivity index (χ3v) is 4.67. The first-order valence-electron chi connectivity index (χ1n) is 9.05. The lowest BCUT2D eigenvalue weighted by Crippen LogP contribution is -2.09. The Morgan fingerprint density at radius 3 is 2.59 bits per heavy atom. The summed E-state index contributed by atoms with van der Waals surface area (Å²) in [6, 6.07) is 18.1. The zero-order valence-corrected chi connectivity index (χ0v) is 16.1. The van der Waals surface area contributed by atoms with Crippen LogP contribution in [0.25, 0.3) is 27.8 Å². The summed E-state index contributed by atoms with van der Waals surface area (Å²) in [7, 11) is 0. The Hall–Kier alpha value is -2.85. The average Bonchev–Trinajstić information content (AvgIpc) is 3.07. The van der Waals surface area contributed by atoms with Crippen LogP contribution in [0.15, 0.2) is 67.1 Å². The summed E-state index contributed by atoms with van der Waals surface area (Å²) in [5.74, 6) is 1.37. The van der Waals surface area contributed by atoms with Crippen molar-refractivity contribution in [1.29, 1.82) is 0 Å². The lowest BCUT2D eigenvalue weighted by Gasteiger charge is -2.10. The van der Waals surface area contributed by atoms with Gasteiger partial charge in [0, 0.05) is 29.0 Å². The predicted molar refractivity (Wildman–Crippen MR) is 113 cm³/mol. The number of nitrogens with zero attached hydrogens (tertiary/aromatic N) is 3. The highest BCUT2D eigenvalue weighted by molar-refractivity contribution is 6.30. The Kier molecular flexibility index (Phi) is 4.82. The van der Waals surface area contributed by atoms with E-state index in [0.29, 0.717) is 10.9 Å². The van der Waals surface area contributed by atoms with Gasteiger partial charge in [-0.3, -0.25) is 0 Å². The smallest absolute Gasteiger partial charge is 0.150 e. The minimum absolute atomic E-state index is 0.519. The largest absolute Gasteiger partial charge is 0.369 e. The molecule has 0 saturated heterocycles. The number of anilines is 1. The first-order valence-corrected chi connectivity index (χ1v) is 9.42. The molecule has 5 heteroatoms. The maximum Gasteiger partial charge on any atom is 0.150 e. The number of benzene rings is 2. The van der Waals surface area contributed by atoms with E-state index in [1.165, 1.54) is 0 Å². The molecule has 4 aromatic rings. The molecular weight excluding hydrogens is 356 g/mol. The quantitative estimate of drug-likeness (QED) is 0.478. The van der Waals surface area contributed by atoms with Gasteiger partial charge in [0.15, 0.2) is 5.65 Å². The Labute approximate surface area is 163 Å². The van der Waals surface area contributed by atoms with Gasteiger partial charge in [0.1, 0.15) is 12.1 Å². The van der Waals surface area contributed by atoms with Gasteiger partial charge in [-0.05, 0) is 29.7 Å². The Balaban J connectivity index is 1.97. The van der Waals surface area contributed by atoms with Crippen molar-refractivity contribution in [3.63, 3.8) is 0 Å². The van der Waals surface area contributed by atoms with Crippen molar-refractivity contribution in [2.45, 2.75) is 13.8 Å². The third-order valence-electron chi connectivity index (χ3n) is 4.43. The van der Waals surface area contributed by atoms with Gasteiger partial charge in [-0.1, -0.05) is 61.8 Å². The number of halogens is 1. The highest BCUT2D eigenvalue weighted by Gasteiger charge is 2.17. The molecule has 0 unspecified atom stereocenters. The number of hydrogen-bond acceptors (Lipinski definition) is 3. The molecule has 0 fully saturated rings. The molecule has 0 amide bonds. The van der Waals surface area contributed by atoms with Crippen LogP contribution in [0.1, 0.15) is 13.8 Å². The van der Waals surface area contributed by atoms with E-state index in [-0.39, 0.29) is 0 Å². The number of fused-ring (bicyclic) bond motifs is 1. The molecular formula is C22H21ClN4. The van der Waals surface area contributed by atoms with E-state index in [1.807, 2.05) is 42.5 Å². The van der Waals surface area contributed by atoms with Gasteiger partial charge >= 0.3 is 0 Å². The fraction of sp³-hybridized carbons (Fsp3) is 0.182. The van der Waals surface area contributed by atoms with Crippen LogP contribution in [-0.2, 0) is 0 Å². The van der Waals surface area contributed by atoms with E-state index in [4.69, 9.17) is 11.6 Å². The molecule has 2 heterocycles. The predicted octanol–water partition coefficient (Wildman–Crippen LogP) is 5.81. The van der Waals surface area contributed by atoms with Gasteiger partial charge in [0.25, 0.3) is 0 Å². The second kappa shape index (κ2) is 7.41. The van der Waals surface area contributed by atoms with Crippen molar-refractivity contribution < 1.29 is 0 Å². The Morgan fingerprint density at radius 1 is 1.04 bits per heavy atom. The van der Waals surface area contributed by atoms with Crippen molar-refractivity contribution in [2.75, 3.05) is 11.9 Å². The van der Waals surface area contributed by atoms with Crippen molar-refractivity contribution in [2.24, 2.45) is 5.92 Å². The Bertz CT molecular complexity index is 1070. The van der Waals surface area contributed by atoms with Crippen LogP contribution in [0.4, 0.5) is 5.82 Å². The topological polar surface area (TPSA) is 42.7 Å². The van der Waals surface area contributed by atoms with Crippen LogP contribution in [0.3, 0.4) is 0 Å². The van der Waals surface area contributed by atoms with Gasteiger partial charge in [-0.2, -0.15) is 0 Å². The summed E-state index contributed by atoms with van der Waals surface area (Å²) in [5, 5.41) is 5.20. The minimum atomic E-state index is 0.519. The fourth-order valence-electron chi connectivity index (χ4n) is 3.16. The molecule has 0 spiro atoms. The van der Waals surface area contributed by atoms with Gasteiger partial charge in [0.05, 0.1) is 5.39 Å². The van der Waals surface area contributed by atoms with Crippen LogP contribution in [0.2, 0.25) is 5.02 Å². The lowest BCUT2D eigenvalue weighted by molar-refractivity contribution is 0.687. The normalized spacial score (nSPS) is 11.3. The molecule has 136 valence electrons. The third kappa shape index (κ3) is 3.53. The monoisotopic (exact) mass is 376 g/mol. The van der Waals surface area contributed by atoms with Crippen molar-refractivity contribution in [3.05, 3.63) is 72.1 Å². The maximum absolute atomic E-state index is 6.23. The maximum atomic E-state index is 6.23. The van der Waals surface area contributed by atoms with Crippen LogP contribution < -0.4 is 5.32 Å². The van der Waals surface area contributed by atoms with Crippen LogP contribution in [0, 0.1) is 5.92 Å². The van der Waals surface area contributed by atoms with E-state index in [9.17, 15) is 0 Å². The molecule has 2 aromatic heterocycles. The van der Waals surface area contributed by atoms with Crippen LogP contribution in [0.5, 0.6) is 0 Å². The summed E-state index contributed by atoms with van der Waals surface area (Å²) in [4.78, 5) is 9.12.